The highest BCUT2D eigenvalue weighted by atomic mass is 127. The molecular formula is C12H17IN2. The Hall–Kier alpha value is -0.550. The van der Waals surface area contributed by atoms with E-state index in [4.69, 9.17) is 5.84 Å². The van der Waals surface area contributed by atoms with Crippen LogP contribution in [0.15, 0.2) is 45.9 Å². The second kappa shape index (κ2) is 4.53. The highest BCUT2D eigenvalue weighted by Crippen LogP contribution is 2.31. The van der Waals surface area contributed by atoms with Crippen LogP contribution in [0.25, 0.3) is 0 Å². The summed E-state index contributed by atoms with van der Waals surface area (Å²) in [7, 11) is 0. The van der Waals surface area contributed by atoms with E-state index in [-0.39, 0.29) is 5.41 Å². The summed E-state index contributed by atoms with van der Waals surface area (Å²) < 4.78 is 1.05. The fourth-order valence-electron chi connectivity index (χ4n) is 1.27. The van der Waals surface area contributed by atoms with E-state index in [9.17, 15) is 0 Å². The predicted octanol–water partition coefficient (Wildman–Crippen LogP) is 3.49. The van der Waals surface area contributed by atoms with Crippen LogP contribution in [0.2, 0.25) is 0 Å². The van der Waals surface area contributed by atoms with Crippen LogP contribution in [0.1, 0.15) is 20.8 Å². The van der Waals surface area contributed by atoms with Crippen LogP contribution in [-0.4, -0.2) is 5.01 Å². The van der Waals surface area contributed by atoms with Crippen molar-refractivity contribution in [1.29, 1.82) is 0 Å². The molecule has 0 amide bonds. The Kier molecular flexibility index (Phi) is 3.78. The first-order valence-electron chi connectivity index (χ1n) is 4.83. The van der Waals surface area contributed by atoms with E-state index in [1.807, 2.05) is 12.3 Å². The van der Waals surface area contributed by atoms with E-state index in [1.54, 1.807) is 11.1 Å². The fraction of sp³-hybridized carbons (Fsp3) is 0.333. The van der Waals surface area contributed by atoms with E-state index < -0.39 is 0 Å². The maximum Gasteiger partial charge on any atom is 0.0701 e. The molecule has 15 heavy (non-hydrogen) atoms. The largest absolute Gasteiger partial charge is 0.286 e. The lowest BCUT2D eigenvalue weighted by atomic mass is 9.86. The van der Waals surface area contributed by atoms with E-state index in [0.717, 1.165) is 9.28 Å². The van der Waals surface area contributed by atoms with Crippen molar-refractivity contribution in [3.05, 3.63) is 45.9 Å². The van der Waals surface area contributed by atoms with Crippen molar-refractivity contribution in [2.24, 2.45) is 11.3 Å². The molecular weight excluding hydrogens is 299 g/mol. The molecule has 3 heteroatoms. The molecule has 0 saturated carbocycles. The van der Waals surface area contributed by atoms with Gasteiger partial charge in [-0.2, -0.15) is 0 Å². The summed E-state index contributed by atoms with van der Waals surface area (Å²) >= 11 is 2.23. The minimum Gasteiger partial charge on any atom is -0.286 e. The maximum absolute atomic E-state index is 5.94. The highest BCUT2D eigenvalue weighted by molar-refractivity contribution is 14.1. The van der Waals surface area contributed by atoms with Crippen molar-refractivity contribution in [3.8, 4) is 0 Å². The smallest absolute Gasteiger partial charge is 0.0701 e. The van der Waals surface area contributed by atoms with Crippen LogP contribution in [0, 0.1) is 5.41 Å². The van der Waals surface area contributed by atoms with Gasteiger partial charge in [-0.1, -0.05) is 39.5 Å². The molecule has 0 fully saturated rings. The van der Waals surface area contributed by atoms with Crippen molar-refractivity contribution in [2.75, 3.05) is 0 Å². The number of nitrogens with two attached hydrogens (primary N) is 1. The molecule has 0 aliphatic carbocycles. The zero-order valence-electron chi connectivity index (χ0n) is 9.42. The third-order valence-electron chi connectivity index (χ3n) is 2.27. The van der Waals surface area contributed by atoms with Crippen LogP contribution < -0.4 is 5.84 Å². The topological polar surface area (TPSA) is 29.3 Å². The first kappa shape index (κ1) is 12.5. The number of allylic oxidation sites excluding steroid dienone is 5. The van der Waals surface area contributed by atoms with Gasteiger partial charge in [-0.3, -0.25) is 5.01 Å². The van der Waals surface area contributed by atoms with Crippen molar-refractivity contribution < 1.29 is 0 Å². The Balaban J connectivity index is 3.04. The Bertz CT molecular complexity index is 356. The number of hydrazine groups is 1. The fourth-order valence-corrected chi connectivity index (χ4v) is 1.73. The van der Waals surface area contributed by atoms with Crippen molar-refractivity contribution in [1.82, 2.24) is 5.01 Å². The summed E-state index contributed by atoms with van der Waals surface area (Å²) in [5.74, 6) is 5.94. The average Bonchev–Trinajstić information content (AvgIpc) is 2.15. The lowest BCUT2D eigenvalue weighted by Crippen LogP contribution is -2.28. The van der Waals surface area contributed by atoms with E-state index in [2.05, 4.69) is 56.0 Å². The third-order valence-corrected chi connectivity index (χ3v) is 3.26. The van der Waals surface area contributed by atoms with Crippen LogP contribution in [-0.2, 0) is 0 Å². The Morgan fingerprint density at radius 1 is 1.47 bits per heavy atom. The molecule has 0 bridgehead atoms. The molecule has 0 radical (unpaired) electrons. The first-order chi connectivity index (χ1) is 6.86. The van der Waals surface area contributed by atoms with Gasteiger partial charge >= 0.3 is 0 Å². The molecule has 0 spiro atoms. The van der Waals surface area contributed by atoms with Gasteiger partial charge in [0.25, 0.3) is 0 Å². The summed E-state index contributed by atoms with van der Waals surface area (Å²) in [5.41, 5.74) is 2.33. The molecule has 1 aliphatic rings. The lowest BCUT2D eigenvalue weighted by molar-refractivity contribution is 0.453. The summed E-state index contributed by atoms with van der Waals surface area (Å²) in [6.45, 7) is 10.2. The standard InChI is InChI=1S/C12H17IN2/c1-5-10(13)11-7-6-9(8-15(11)14)12(2,3)4/h5-8H,1,14H2,2-4H3/b11-10+. The molecule has 1 rings (SSSR count). The van der Waals surface area contributed by atoms with E-state index in [1.165, 1.54) is 5.57 Å². The van der Waals surface area contributed by atoms with Crippen molar-refractivity contribution >= 4 is 22.6 Å². The van der Waals surface area contributed by atoms with Crippen molar-refractivity contribution in [3.63, 3.8) is 0 Å². The molecule has 1 heterocycles. The molecule has 82 valence electrons. The Labute approximate surface area is 105 Å². The molecule has 0 atom stereocenters. The highest BCUT2D eigenvalue weighted by Gasteiger charge is 2.19. The minimum absolute atomic E-state index is 0.124. The quantitative estimate of drug-likeness (QED) is 0.593. The van der Waals surface area contributed by atoms with Gasteiger partial charge in [0, 0.05) is 9.78 Å². The molecule has 0 saturated heterocycles. The van der Waals surface area contributed by atoms with Gasteiger partial charge in [-0.05, 0) is 39.7 Å². The summed E-state index contributed by atoms with van der Waals surface area (Å²) in [6, 6.07) is 0. The van der Waals surface area contributed by atoms with E-state index in [0.29, 0.717) is 0 Å². The molecule has 2 nitrogen and oxygen atoms in total. The zero-order valence-corrected chi connectivity index (χ0v) is 11.6. The Morgan fingerprint density at radius 3 is 2.47 bits per heavy atom. The van der Waals surface area contributed by atoms with Gasteiger partial charge in [-0.25, -0.2) is 5.84 Å². The van der Waals surface area contributed by atoms with Crippen LogP contribution in [0.5, 0.6) is 0 Å². The number of nitrogens with zero attached hydrogens (tertiary/aromatic N) is 1. The molecule has 1 aliphatic heterocycles. The second-order valence-corrected chi connectivity index (χ2v) is 5.67. The van der Waals surface area contributed by atoms with Gasteiger partial charge in [0.15, 0.2) is 0 Å². The molecule has 0 aromatic rings. The number of rotatable bonds is 1. The number of halogens is 1. The summed E-state index contributed by atoms with van der Waals surface area (Å²) in [5, 5.41) is 1.66. The van der Waals surface area contributed by atoms with E-state index >= 15 is 0 Å². The normalized spacial score (nSPS) is 20.1. The lowest BCUT2D eigenvalue weighted by Gasteiger charge is -2.28. The van der Waals surface area contributed by atoms with Crippen LogP contribution in [0.3, 0.4) is 0 Å². The maximum atomic E-state index is 5.94. The number of hydrogen-bond donors (Lipinski definition) is 1. The molecule has 2 N–H and O–H groups in total. The number of hydrogen-bond acceptors (Lipinski definition) is 2. The minimum atomic E-state index is 0.124. The zero-order chi connectivity index (χ0) is 11.6. The van der Waals surface area contributed by atoms with Crippen LogP contribution >= 0.6 is 22.6 Å². The van der Waals surface area contributed by atoms with Gasteiger partial charge in [-0.15, -0.1) is 0 Å². The van der Waals surface area contributed by atoms with Gasteiger partial charge in [0.05, 0.1) is 5.70 Å². The summed E-state index contributed by atoms with van der Waals surface area (Å²) in [6.07, 6.45) is 7.92. The third kappa shape index (κ3) is 2.95. The molecule has 0 aromatic heterocycles. The SMILES string of the molecule is C=C/C(I)=C1/C=CC(C(C)(C)C)=CN1N. The first-order valence-corrected chi connectivity index (χ1v) is 5.90. The van der Waals surface area contributed by atoms with Gasteiger partial charge < -0.3 is 0 Å². The van der Waals surface area contributed by atoms with Crippen LogP contribution in [0.4, 0.5) is 0 Å². The second-order valence-electron chi connectivity index (χ2n) is 4.51. The predicted molar refractivity (Wildman–Crippen MR) is 73.9 cm³/mol. The van der Waals surface area contributed by atoms with Gasteiger partial charge in [0.2, 0.25) is 0 Å². The summed E-state index contributed by atoms with van der Waals surface area (Å²) in [4.78, 5) is 0. The monoisotopic (exact) mass is 316 g/mol. The Morgan fingerprint density at radius 2 is 2.07 bits per heavy atom. The van der Waals surface area contributed by atoms with Crippen molar-refractivity contribution in [2.45, 2.75) is 20.8 Å². The van der Waals surface area contributed by atoms with Gasteiger partial charge in [0.1, 0.15) is 0 Å². The molecule has 0 aromatic carbocycles. The average molecular weight is 316 g/mol. The molecule has 0 unspecified atom stereocenters.